The molecule has 7 rings (SSSR count). The molecule has 2 atom stereocenters. The molecule has 2 fully saturated rings. The molecule has 0 spiro atoms. The van der Waals surface area contributed by atoms with Gasteiger partial charge in [0.05, 0.1) is 17.1 Å². The summed E-state index contributed by atoms with van der Waals surface area (Å²) in [7, 11) is -3.56. The minimum Gasteiger partial charge on any atom is -0.329 e. The van der Waals surface area contributed by atoms with Crippen molar-refractivity contribution in [3.8, 4) is 0 Å². The monoisotopic (exact) mass is 672 g/mol. The first kappa shape index (κ1) is 31.9. The highest BCUT2D eigenvalue weighted by Gasteiger charge is 2.42. The number of aryl methyl sites for hydroxylation is 1. The van der Waals surface area contributed by atoms with Crippen molar-refractivity contribution < 1.29 is 13.2 Å². The van der Waals surface area contributed by atoms with Gasteiger partial charge in [0.1, 0.15) is 5.82 Å². The number of amides is 2. The van der Waals surface area contributed by atoms with E-state index in [4.69, 9.17) is 16.6 Å². The minimum atomic E-state index is -3.56. The van der Waals surface area contributed by atoms with E-state index in [9.17, 15) is 13.2 Å². The second-order valence-corrected chi connectivity index (χ2v) is 15.2. The molecule has 4 aromatic rings. The topological polar surface area (TPSA) is 90.8 Å². The fraction of sp³-hybridized carbons (Fsp3) is 0.389. The number of hydrogen-bond acceptors (Lipinski definition) is 5. The molecule has 0 aliphatic carbocycles. The zero-order valence-electron chi connectivity index (χ0n) is 26.6. The van der Waals surface area contributed by atoms with Crippen LogP contribution >= 0.6 is 11.6 Å². The molecular formula is C36H41ClN6O3S. The number of benzene rings is 3. The Morgan fingerprint density at radius 2 is 1.60 bits per heavy atom. The quantitative estimate of drug-likeness (QED) is 0.209. The van der Waals surface area contributed by atoms with Crippen molar-refractivity contribution >= 4 is 39.0 Å². The highest BCUT2D eigenvalue weighted by atomic mass is 35.5. The first-order valence-corrected chi connectivity index (χ1v) is 18.4. The smallest absolute Gasteiger partial charge is 0.326 e. The van der Waals surface area contributed by atoms with Crippen molar-refractivity contribution in [2.45, 2.75) is 75.0 Å². The number of halogens is 1. The van der Waals surface area contributed by atoms with Crippen LogP contribution in [0.3, 0.4) is 0 Å². The Balaban J connectivity index is 0.997. The van der Waals surface area contributed by atoms with Gasteiger partial charge in [0.15, 0.2) is 0 Å². The summed E-state index contributed by atoms with van der Waals surface area (Å²) in [5.74, 6) is 0.983. The van der Waals surface area contributed by atoms with Gasteiger partial charge < -0.3 is 9.88 Å². The standard InChI is InChI=1S/C36H41ClN6O3S/c1-26-38-34-25-40(47(45,46)33-11-6-3-7-12-33)22-19-35(34)43(26)32-23-30-17-18-31(24-32)41(30)20-8-21-42(29-9-4-2-5-10-29)36(44)39-28-15-13-27(37)14-16-28/h2-7,9-16,30-32H,8,17-25H2,1H3,(H,39,44). The van der Waals surface area contributed by atoms with Crippen LogP contribution in [0.4, 0.5) is 16.2 Å². The average molecular weight is 673 g/mol. The van der Waals surface area contributed by atoms with E-state index >= 15 is 0 Å². The van der Waals surface area contributed by atoms with Crippen molar-refractivity contribution in [2.24, 2.45) is 0 Å². The fourth-order valence-electron chi connectivity index (χ4n) is 7.86. The van der Waals surface area contributed by atoms with E-state index in [1.54, 1.807) is 40.7 Å². The van der Waals surface area contributed by atoms with Gasteiger partial charge in [-0.15, -0.1) is 0 Å². The summed E-state index contributed by atoms with van der Waals surface area (Å²) in [5.41, 5.74) is 3.67. The summed E-state index contributed by atoms with van der Waals surface area (Å²) in [6.07, 6.45) is 6.02. The van der Waals surface area contributed by atoms with Crippen molar-refractivity contribution in [1.29, 1.82) is 0 Å². The number of aromatic nitrogens is 2. The number of piperidine rings is 1. The number of fused-ring (bicyclic) bond motifs is 3. The van der Waals surface area contributed by atoms with E-state index in [-0.39, 0.29) is 6.03 Å². The molecule has 3 aliphatic rings. The van der Waals surface area contributed by atoms with Crippen LogP contribution in [0.2, 0.25) is 5.02 Å². The lowest BCUT2D eigenvalue weighted by molar-refractivity contribution is 0.104. The first-order chi connectivity index (χ1) is 22.8. The highest BCUT2D eigenvalue weighted by Crippen LogP contribution is 2.42. The van der Waals surface area contributed by atoms with Crippen molar-refractivity contribution in [1.82, 2.24) is 18.8 Å². The zero-order valence-corrected chi connectivity index (χ0v) is 28.2. The number of sulfonamides is 1. The number of anilines is 2. The maximum atomic E-state index is 13.4. The van der Waals surface area contributed by atoms with Gasteiger partial charge in [-0.25, -0.2) is 18.2 Å². The van der Waals surface area contributed by atoms with Gasteiger partial charge in [-0.2, -0.15) is 4.31 Å². The Kier molecular flexibility index (Phi) is 9.11. The predicted molar refractivity (Wildman–Crippen MR) is 185 cm³/mol. The second-order valence-electron chi connectivity index (χ2n) is 12.8. The number of carbonyl (C=O) groups is 1. The van der Waals surface area contributed by atoms with Gasteiger partial charge in [0.25, 0.3) is 0 Å². The molecule has 2 bridgehead atoms. The van der Waals surface area contributed by atoms with Gasteiger partial charge in [-0.1, -0.05) is 48.0 Å². The van der Waals surface area contributed by atoms with E-state index in [1.807, 2.05) is 53.4 Å². The molecule has 9 nitrogen and oxygen atoms in total. The zero-order chi connectivity index (χ0) is 32.5. The normalized spacial score (nSPS) is 21.4. The van der Waals surface area contributed by atoms with Gasteiger partial charge in [0, 0.05) is 66.3 Å². The summed E-state index contributed by atoms with van der Waals surface area (Å²) < 4.78 is 30.6. The molecule has 0 radical (unpaired) electrons. The number of rotatable bonds is 9. The molecular weight excluding hydrogens is 632 g/mol. The molecule has 2 unspecified atom stereocenters. The summed E-state index contributed by atoms with van der Waals surface area (Å²) in [6, 6.07) is 26.9. The maximum Gasteiger partial charge on any atom is 0.326 e. The minimum absolute atomic E-state index is 0.157. The van der Waals surface area contributed by atoms with Crippen molar-refractivity contribution in [3.63, 3.8) is 0 Å². The molecule has 2 saturated heterocycles. The van der Waals surface area contributed by atoms with Gasteiger partial charge >= 0.3 is 6.03 Å². The van der Waals surface area contributed by atoms with E-state index in [2.05, 4.69) is 21.7 Å². The molecule has 246 valence electrons. The van der Waals surface area contributed by atoms with Gasteiger partial charge in [0.2, 0.25) is 10.0 Å². The number of hydrogen-bond donors (Lipinski definition) is 1. The largest absolute Gasteiger partial charge is 0.329 e. The third-order valence-electron chi connectivity index (χ3n) is 10.0. The Morgan fingerprint density at radius 1 is 0.936 bits per heavy atom. The summed E-state index contributed by atoms with van der Waals surface area (Å²) >= 11 is 6.04. The van der Waals surface area contributed by atoms with Crippen LogP contribution in [0.15, 0.2) is 89.8 Å². The van der Waals surface area contributed by atoms with Crippen LogP contribution in [0.5, 0.6) is 0 Å². The molecule has 4 heterocycles. The first-order valence-electron chi connectivity index (χ1n) is 16.5. The maximum absolute atomic E-state index is 13.4. The molecule has 3 aliphatic heterocycles. The SMILES string of the molecule is Cc1nc2c(n1C1CC3CCC(C1)N3CCCN(C(=O)Nc1ccc(Cl)cc1)c1ccccc1)CCN(S(=O)(=O)c1ccccc1)C2. The predicted octanol–water partition coefficient (Wildman–Crippen LogP) is 6.89. The van der Waals surface area contributed by atoms with Crippen LogP contribution in [-0.4, -0.2) is 64.9 Å². The van der Waals surface area contributed by atoms with Crippen LogP contribution in [0.25, 0.3) is 0 Å². The molecule has 11 heteroatoms. The molecule has 1 N–H and O–H groups in total. The van der Waals surface area contributed by atoms with E-state index in [1.165, 1.54) is 18.5 Å². The summed E-state index contributed by atoms with van der Waals surface area (Å²) in [5, 5.41) is 3.66. The molecule has 2 amide bonds. The number of nitrogens with zero attached hydrogens (tertiary/aromatic N) is 5. The number of imidazole rings is 1. The second kappa shape index (κ2) is 13.4. The van der Waals surface area contributed by atoms with E-state index in [0.29, 0.717) is 59.8 Å². The van der Waals surface area contributed by atoms with Gasteiger partial charge in [-0.05, 0) is 87.6 Å². The Bertz CT molecular complexity index is 1800. The lowest BCUT2D eigenvalue weighted by Crippen LogP contribution is -2.45. The van der Waals surface area contributed by atoms with Crippen LogP contribution in [0, 0.1) is 6.92 Å². The third kappa shape index (κ3) is 6.56. The van der Waals surface area contributed by atoms with Crippen LogP contribution in [0.1, 0.15) is 55.4 Å². The molecule has 47 heavy (non-hydrogen) atoms. The summed E-state index contributed by atoms with van der Waals surface area (Å²) in [6.45, 7) is 4.39. The van der Waals surface area contributed by atoms with Crippen molar-refractivity contribution in [2.75, 3.05) is 29.9 Å². The van der Waals surface area contributed by atoms with Crippen LogP contribution < -0.4 is 10.2 Å². The molecule has 3 aromatic carbocycles. The highest BCUT2D eigenvalue weighted by molar-refractivity contribution is 7.89. The molecule has 1 aromatic heterocycles. The Labute approximate surface area is 282 Å². The van der Waals surface area contributed by atoms with Crippen LogP contribution in [-0.2, 0) is 23.0 Å². The number of nitrogens with one attached hydrogen (secondary N) is 1. The Morgan fingerprint density at radius 3 is 2.28 bits per heavy atom. The van der Waals surface area contributed by atoms with Crippen molar-refractivity contribution in [3.05, 3.63) is 107 Å². The number of urea groups is 1. The average Bonchev–Trinajstić information content (AvgIpc) is 3.54. The third-order valence-corrected chi connectivity index (χ3v) is 12.1. The van der Waals surface area contributed by atoms with Gasteiger partial charge in [-0.3, -0.25) is 9.80 Å². The molecule has 0 saturated carbocycles. The van der Waals surface area contributed by atoms with E-state index in [0.717, 1.165) is 43.0 Å². The van der Waals surface area contributed by atoms with E-state index < -0.39 is 10.0 Å². The Hall–Kier alpha value is -3.70. The number of carbonyl (C=O) groups excluding carboxylic acids is 1. The lowest BCUT2D eigenvalue weighted by Gasteiger charge is -2.41. The number of para-hydroxylation sites is 1. The fourth-order valence-corrected chi connectivity index (χ4v) is 9.41. The lowest BCUT2D eigenvalue weighted by atomic mass is 9.96. The summed E-state index contributed by atoms with van der Waals surface area (Å²) in [4.78, 5) is 23.2.